The molecule has 0 saturated carbocycles. The first-order valence-electron chi connectivity index (χ1n) is 6.72. The molecule has 0 aliphatic heterocycles. The van der Waals surface area contributed by atoms with Crippen LogP contribution in [-0.4, -0.2) is 34.7 Å². The molecular formula is C15H18N2O5. The molecule has 7 nitrogen and oxygen atoms in total. The van der Waals surface area contributed by atoms with Crippen LogP contribution in [-0.2, 0) is 14.4 Å². The Hall–Kier alpha value is -2.70. The van der Waals surface area contributed by atoms with Crippen LogP contribution in [0.15, 0.2) is 24.3 Å². The number of hydrogen-bond acceptors (Lipinski definition) is 4. The fourth-order valence-electron chi connectivity index (χ4n) is 1.64. The van der Waals surface area contributed by atoms with Crippen molar-refractivity contribution in [3.8, 4) is 0 Å². The summed E-state index contributed by atoms with van der Waals surface area (Å²) in [5.74, 6) is -2.15. The Kier molecular flexibility index (Phi) is 6.25. The van der Waals surface area contributed by atoms with Crippen molar-refractivity contribution in [2.24, 2.45) is 0 Å². The molecule has 0 radical (unpaired) electrons. The van der Waals surface area contributed by atoms with E-state index in [4.69, 9.17) is 5.11 Å². The summed E-state index contributed by atoms with van der Waals surface area (Å²) in [5, 5.41) is 13.5. The van der Waals surface area contributed by atoms with E-state index in [0.29, 0.717) is 11.3 Å². The number of anilines is 1. The van der Waals surface area contributed by atoms with E-state index < -0.39 is 17.9 Å². The molecule has 1 aromatic carbocycles. The average Bonchev–Trinajstić information content (AvgIpc) is 2.45. The van der Waals surface area contributed by atoms with Crippen molar-refractivity contribution in [1.82, 2.24) is 5.32 Å². The Morgan fingerprint density at radius 3 is 2.36 bits per heavy atom. The number of ketones is 1. The topological polar surface area (TPSA) is 113 Å². The molecule has 22 heavy (non-hydrogen) atoms. The van der Waals surface area contributed by atoms with E-state index in [2.05, 4.69) is 10.6 Å². The Morgan fingerprint density at radius 1 is 1.14 bits per heavy atom. The van der Waals surface area contributed by atoms with Crippen LogP contribution in [0.5, 0.6) is 0 Å². The Labute approximate surface area is 127 Å². The minimum absolute atomic E-state index is 0.0809. The molecule has 0 aromatic heterocycles. The average molecular weight is 306 g/mol. The van der Waals surface area contributed by atoms with Gasteiger partial charge in [0.2, 0.25) is 11.8 Å². The van der Waals surface area contributed by atoms with Crippen molar-refractivity contribution in [2.45, 2.75) is 32.7 Å². The molecule has 3 N–H and O–H groups in total. The van der Waals surface area contributed by atoms with E-state index in [1.54, 1.807) is 24.3 Å². The van der Waals surface area contributed by atoms with E-state index in [1.807, 2.05) is 0 Å². The summed E-state index contributed by atoms with van der Waals surface area (Å²) < 4.78 is 0. The highest BCUT2D eigenvalue weighted by Crippen LogP contribution is 2.11. The fourth-order valence-corrected chi connectivity index (χ4v) is 1.64. The third-order valence-electron chi connectivity index (χ3n) is 2.88. The van der Waals surface area contributed by atoms with Gasteiger partial charge in [-0.25, -0.2) is 0 Å². The standard InChI is InChI=1S/C15H18N2O5/c1-9(15(21)22)16-13(19)6-7-14(20)17-12-5-3-4-11(8-12)10(2)18/h3-5,8-9H,6-7H2,1-2H3,(H,16,19)(H,17,20)(H,21,22). The van der Waals surface area contributed by atoms with Crippen molar-refractivity contribution >= 4 is 29.3 Å². The molecule has 0 aliphatic carbocycles. The third-order valence-corrected chi connectivity index (χ3v) is 2.88. The van der Waals surface area contributed by atoms with Crippen molar-refractivity contribution in [1.29, 1.82) is 0 Å². The van der Waals surface area contributed by atoms with Gasteiger partial charge in [-0.2, -0.15) is 0 Å². The van der Waals surface area contributed by atoms with Crippen molar-refractivity contribution < 1.29 is 24.3 Å². The first-order chi connectivity index (χ1) is 10.3. The first-order valence-corrected chi connectivity index (χ1v) is 6.72. The molecule has 7 heteroatoms. The Morgan fingerprint density at radius 2 is 1.77 bits per heavy atom. The van der Waals surface area contributed by atoms with Crippen molar-refractivity contribution in [3.63, 3.8) is 0 Å². The van der Waals surface area contributed by atoms with E-state index in [9.17, 15) is 19.2 Å². The number of carboxylic acid groups (broad SMARTS) is 1. The quantitative estimate of drug-likeness (QED) is 0.655. The lowest BCUT2D eigenvalue weighted by Gasteiger charge is -2.09. The zero-order valence-electron chi connectivity index (χ0n) is 12.4. The molecule has 0 saturated heterocycles. The maximum Gasteiger partial charge on any atom is 0.325 e. The summed E-state index contributed by atoms with van der Waals surface area (Å²) in [6.45, 7) is 2.77. The first kappa shape index (κ1) is 17.4. The highest BCUT2D eigenvalue weighted by Gasteiger charge is 2.14. The number of hydrogen-bond donors (Lipinski definition) is 3. The number of aliphatic carboxylic acids is 1. The van der Waals surface area contributed by atoms with Gasteiger partial charge in [-0.05, 0) is 26.0 Å². The van der Waals surface area contributed by atoms with Crippen LogP contribution in [0.4, 0.5) is 5.69 Å². The minimum atomic E-state index is -1.14. The zero-order chi connectivity index (χ0) is 16.7. The second-order valence-corrected chi connectivity index (χ2v) is 4.81. The lowest BCUT2D eigenvalue weighted by Crippen LogP contribution is -2.38. The minimum Gasteiger partial charge on any atom is -0.480 e. The number of rotatable bonds is 7. The highest BCUT2D eigenvalue weighted by atomic mass is 16.4. The van der Waals surface area contributed by atoms with Crippen LogP contribution in [0.3, 0.4) is 0 Å². The SMILES string of the molecule is CC(=O)c1cccc(NC(=O)CCC(=O)NC(C)C(=O)O)c1. The molecule has 0 fully saturated rings. The summed E-state index contributed by atoms with van der Waals surface area (Å²) in [5.41, 5.74) is 0.947. The smallest absolute Gasteiger partial charge is 0.325 e. The van der Waals surface area contributed by atoms with Gasteiger partial charge in [0.15, 0.2) is 5.78 Å². The summed E-state index contributed by atoms with van der Waals surface area (Å²) in [7, 11) is 0. The van der Waals surface area contributed by atoms with Gasteiger partial charge in [0.1, 0.15) is 6.04 Å². The van der Waals surface area contributed by atoms with Gasteiger partial charge in [-0.15, -0.1) is 0 Å². The van der Waals surface area contributed by atoms with Crippen LogP contribution >= 0.6 is 0 Å². The van der Waals surface area contributed by atoms with E-state index in [0.717, 1.165) is 0 Å². The molecule has 118 valence electrons. The van der Waals surface area contributed by atoms with Crippen LogP contribution in [0.2, 0.25) is 0 Å². The molecule has 2 amide bonds. The molecule has 0 heterocycles. The van der Waals surface area contributed by atoms with Gasteiger partial charge in [-0.3, -0.25) is 19.2 Å². The van der Waals surface area contributed by atoms with Crippen LogP contribution < -0.4 is 10.6 Å². The second kappa shape index (κ2) is 7.92. The lowest BCUT2D eigenvalue weighted by molar-refractivity contribution is -0.141. The third kappa shape index (κ3) is 5.74. The van der Waals surface area contributed by atoms with Crippen LogP contribution in [0, 0.1) is 0 Å². The predicted molar refractivity (Wildman–Crippen MR) is 79.6 cm³/mol. The number of Topliss-reactive ketones (excluding diaryl/α,β-unsaturated/α-hetero) is 1. The van der Waals surface area contributed by atoms with Gasteiger partial charge in [-0.1, -0.05) is 12.1 Å². The van der Waals surface area contributed by atoms with Crippen molar-refractivity contribution in [3.05, 3.63) is 29.8 Å². The predicted octanol–water partition coefficient (Wildman–Crippen LogP) is 1.20. The normalized spacial score (nSPS) is 11.4. The Balaban J connectivity index is 2.47. The largest absolute Gasteiger partial charge is 0.480 e. The van der Waals surface area contributed by atoms with Gasteiger partial charge in [0.05, 0.1) is 0 Å². The number of benzene rings is 1. The number of nitrogens with one attached hydrogen (secondary N) is 2. The summed E-state index contributed by atoms with van der Waals surface area (Å²) in [4.78, 5) is 45.0. The Bertz CT molecular complexity index is 597. The molecule has 1 aromatic rings. The maximum atomic E-state index is 11.7. The molecule has 0 bridgehead atoms. The highest BCUT2D eigenvalue weighted by molar-refractivity contribution is 5.97. The van der Waals surface area contributed by atoms with Gasteiger partial charge in [0.25, 0.3) is 0 Å². The fraction of sp³-hybridized carbons (Fsp3) is 0.333. The maximum absolute atomic E-state index is 11.7. The molecule has 1 rings (SSSR count). The molecule has 0 spiro atoms. The second-order valence-electron chi connectivity index (χ2n) is 4.81. The molecule has 1 unspecified atom stereocenters. The number of carboxylic acids is 1. The summed E-state index contributed by atoms with van der Waals surface area (Å²) >= 11 is 0. The van der Waals surface area contributed by atoms with E-state index >= 15 is 0 Å². The molecule has 1 atom stereocenters. The number of carbonyl (C=O) groups excluding carboxylic acids is 3. The number of carbonyl (C=O) groups is 4. The lowest BCUT2D eigenvalue weighted by atomic mass is 10.1. The zero-order valence-corrected chi connectivity index (χ0v) is 12.4. The van der Waals surface area contributed by atoms with Gasteiger partial charge in [0, 0.05) is 24.1 Å². The monoisotopic (exact) mass is 306 g/mol. The molecule has 0 aliphatic rings. The van der Waals surface area contributed by atoms with E-state index in [1.165, 1.54) is 13.8 Å². The summed E-state index contributed by atoms with van der Waals surface area (Å²) in [6.07, 6.45) is -0.196. The molecular weight excluding hydrogens is 288 g/mol. The van der Waals surface area contributed by atoms with Crippen LogP contribution in [0.1, 0.15) is 37.0 Å². The van der Waals surface area contributed by atoms with Crippen LogP contribution in [0.25, 0.3) is 0 Å². The summed E-state index contributed by atoms with van der Waals surface area (Å²) in [6, 6.07) is 5.47. The van der Waals surface area contributed by atoms with Gasteiger partial charge >= 0.3 is 5.97 Å². The van der Waals surface area contributed by atoms with Crippen molar-refractivity contribution in [2.75, 3.05) is 5.32 Å². The van der Waals surface area contributed by atoms with E-state index in [-0.39, 0.29) is 24.5 Å². The van der Waals surface area contributed by atoms with Gasteiger partial charge < -0.3 is 15.7 Å². The number of amides is 2.